The summed E-state index contributed by atoms with van der Waals surface area (Å²) in [6.07, 6.45) is -0.690. The molecule has 0 bridgehead atoms. The molecule has 0 atom stereocenters. The van der Waals surface area contributed by atoms with E-state index in [1.807, 2.05) is 32.9 Å². The van der Waals surface area contributed by atoms with Crippen molar-refractivity contribution >= 4 is 16.6 Å². The molecule has 0 fully saturated rings. The minimum Gasteiger partial charge on any atom is -0.496 e. The number of hydrogen-bond donors (Lipinski definition) is 1. The molecule has 0 aliphatic rings. The van der Waals surface area contributed by atoms with E-state index in [1.165, 1.54) is 0 Å². The third-order valence-corrected chi connectivity index (χ3v) is 5.45. The number of nitrogens with zero attached hydrogens (tertiary/aromatic N) is 2. The Morgan fingerprint density at radius 3 is 2.03 bits per heavy atom. The van der Waals surface area contributed by atoms with E-state index < -0.39 is 12.7 Å². The van der Waals surface area contributed by atoms with Gasteiger partial charge in [-0.05, 0) is 31.4 Å². The van der Waals surface area contributed by atoms with Crippen LogP contribution in [0.25, 0.3) is 22.0 Å². The van der Waals surface area contributed by atoms with Crippen LogP contribution in [0.5, 0.6) is 11.5 Å². The summed E-state index contributed by atoms with van der Waals surface area (Å²) >= 11 is 0. The van der Waals surface area contributed by atoms with Crippen molar-refractivity contribution in [3.8, 4) is 22.8 Å². The van der Waals surface area contributed by atoms with Gasteiger partial charge in [0.2, 0.25) is 0 Å². The molecule has 172 valence electrons. The van der Waals surface area contributed by atoms with Gasteiger partial charge < -0.3 is 14.8 Å². The van der Waals surface area contributed by atoms with Crippen LogP contribution < -0.4 is 14.8 Å². The summed E-state index contributed by atoms with van der Waals surface area (Å²) in [5.74, 6) is 1.49. The average molecular weight is 448 g/mol. The number of anilines is 1. The molecule has 0 aliphatic carbocycles. The Labute approximate surface area is 186 Å². The van der Waals surface area contributed by atoms with Crippen LogP contribution in [0.4, 0.5) is 19.0 Å². The van der Waals surface area contributed by atoms with Crippen molar-refractivity contribution in [2.75, 3.05) is 26.1 Å². The summed E-state index contributed by atoms with van der Waals surface area (Å²) in [6, 6.07) is 5.51. The highest BCUT2D eigenvalue weighted by atomic mass is 19.4. The normalized spacial score (nSPS) is 11.6. The van der Waals surface area contributed by atoms with Crippen LogP contribution in [0.15, 0.2) is 24.4 Å². The van der Waals surface area contributed by atoms with Crippen LogP contribution in [-0.2, 0) is 19.3 Å². The fourth-order valence-electron chi connectivity index (χ4n) is 3.93. The third-order valence-electron chi connectivity index (χ3n) is 5.45. The molecule has 3 aromatic rings. The number of halogens is 3. The average Bonchev–Trinajstić information content (AvgIpc) is 2.79. The number of alkyl halides is 3. The van der Waals surface area contributed by atoms with Crippen LogP contribution in [-0.4, -0.2) is 36.9 Å². The molecule has 32 heavy (non-hydrogen) atoms. The Morgan fingerprint density at radius 1 is 0.906 bits per heavy atom. The van der Waals surface area contributed by atoms with Gasteiger partial charge in [0.05, 0.1) is 19.9 Å². The Hall–Kier alpha value is -3.03. The molecule has 0 aliphatic heterocycles. The number of aryl methyl sites for hydroxylation is 1. The molecule has 1 aromatic carbocycles. The first-order valence-electron chi connectivity index (χ1n) is 10.6. The van der Waals surface area contributed by atoms with Gasteiger partial charge in [0.25, 0.3) is 0 Å². The molecule has 0 radical (unpaired) electrons. The molecule has 2 aromatic heterocycles. The van der Waals surface area contributed by atoms with Crippen LogP contribution in [0, 0.1) is 0 Å². The Balaban J connectivity index is 2.34. The molecule has 8 heteroatoms. The number of ether oxygens (including phenoxy) is 2. The van der Waals surface area contributed by atoms with E-state index in [2.05, 4.69) is 15.3 Å². The third kappa shape index (κ3) is 4.74. The molecule has 1 N–H and O–H groups in total. The highest BCUT2D eigenvalue weighted by Crippen LogP contribution is 2.41. The van der Waals surface area contributed by atoms with Crippen molar-refractivity contribution in [1.82, 2.24) is 9.97 Å². The first-order chi connectivity index (χ1) is 15.3. The predicted molar refractivity (Wildman–Crippen MR) is 121 cm³/mol. The van der Waals surface area contributed by atoms with Gasteiger partial charge in [-0.2, -0.15) is 13.2 Å². The Morgan fingerprint density at radius 2 is 1.53 bits per heavy atom. The second-order valence-corrected chi connectivity index (χ2v) is 7.40. The van der Waals surface area contributed by atoms with Crippen molar-refractivity contribution in [2.45, 2.75) is 46.2 Å². The Bertz CT molecular complexity index is 1080. The van der Waals surface area contributed by atoms with Crippen LogP contribution >= 0.6 is 0 Å². The maximum Gasteiger partial charge on any atom is 0.405 e. The van der Waals surface area contributed by atoms with Crippen LogP contribution in [0.2, 0.25) is 0 Å². The van der Waals surface area contributed by atoms with Gasteiger partial charge in [-0.15, -0.1) is 0 Å². The van der Waals surface area contributed by atoms with Gasteiger partial charge >= 0.3 is 6.18 Å². The molecule has 3 rings (SSSR count). The molecule has 0 saturated carbocycles. The highest BCUT2D eigenvalue weighted by molar-refractivity contribution is 5.95. The number of aromatic nitrogens is 2. The van der Waals surface area contributed by atoms with E-state index >= 15 is 0 Å². The second-order valence-electron chi connectivity index (χ2n) is 7.40. The van der Waals surface area contributed by atoms with Gasteiger partial charge in [0.1, 0.15) is 23.9 Å². The van der Waals surface area contributed by atoms with Gasteiger partial charge in [-0.1, -0.05) is 20.8 Å². The second kappa shape index (κ2) is 9.63. The number of methoxy groups -OCH3 is 2. The zero-order chi connectivity index (χ0) is 23.5. The maximum absolute atomic E-state index is 13.0. The lowest BCUT2D eigenvalue weighted by atomic mass is 9.92. The lowest BCUT2D eigenvalue weighted by Gasteiger charge is -2.21. The van der Waals surface area contributed by atoms with Gasteiger partial charge in [-0.25, -0.2) is 4.98 Å². The number of benzene rings is 1. The van der Waals surface area contributed by atoms with E-state index in [0.717, 1.165) is 22.4 Å². The summed E-state index contributed by atoms with van der Waals surface area (Å²) in [5.41, 5.74) is 4.02. The zero-order valence-electron chi connectivity index (χ0n) is 19.0. The van der Waals surface area contributed by atoms with Gasteiger partial charge in [-0.3, -0.25) is 4.98 Å². The van der Waals surface area contributed by atoms with Gasteiger partial charge in [0.15, 0.2) is 0 Å². The molecule has 5 nitrogen and oxygen atoms in total. The zero-order valence-corrected chi connectivity index (χ0v) is 19.0. The molecule has 0 amide bonds. The van der Waals surface area contributed by atoms with Crippen LogP contribution in [0.1, 0.15) is 37.6 Å². The van der Waals surface area contributed by atoms with E-state index in [9.17, 15) is 13.2 Å². The van der Waals surface area contributed by atoms with Crippen molar-refractivity contribution in [3.63, 3.8) is 0 Å². The summed E-state index contributed by atoms with van der Waals surface area (Å²) in [4.78, 5) is 9.10. The van der Waals surface area contributed by atoms with Crippen LogP contribution in [0.3, 0.4) is 0 Å². The predicted octanol–water partition coefficient (Wildman–Crippen LogP) is 5.98. The number of hydrogen-bond acceptors (Lipinski definition) is 5. The first-order valence-corrected chi connectivity index (χ1v) is 10.6. The number of fused-ring (bicyclic) bond motifs is 1. The SMILES string of the molecule is CCc1cc2c(NCC(F)(F)F)nc(-c3c(CC)c(OC)cc(OC)c3CC)cc2cn1. The minimum absolute atomic E-state index is 0.179. The van der Waals surface area contributed by atoms with Crippen molar-refractivity contribution in [1.29, 1.82) is 0 Å². The van der Waals surface area contributed by atoms with E-state index in [0.29, 0.717) is 47.2 Å². The molecule has 0 saturated heterocycles. The van der Waals surface area contributed by atoms with Crippen molar-refractivity contribution in [2.24, 2.45) is 0 Å². The van der Waals surface area contributed by atoms with Crippen molar-refractivity contribution in [3.05, 3.63) is 41.2 Å². The topological polar surface area (TPSA) is 56.3 Å². The monoisotopic (exact) mass is 447 g/mol. The summed E-state index contributed by atoms with van der Waals surface area (Å²) in [5, 5.41) is 3.81. The minimum atomic E-state index is -4.37. The van der Waals surface area contributed by atoms with E-state index in [4.69, 9.17) is 9.47 Å². The molecular weight excluding hydrogens is 419 g/mol. The van der Waals surface area contributed by atoms with E-state index in [1.54, 1.807) is 26.5 Å². The van der Waals surface area contributed by atoms with Gasteiger partial charge in [0, 0.05) is 45.4 Å². The largest absolute Gasteiger partial charge is 0.496 e. The quantitative estimate of drug-likeness (QED) is 0.461. The highest BCUT2D eigenvalue weighted by Gasteiger charge is 2.28. The molecule has 0 spiro atoms. The smallest absolute Gasteiger partial charge is 0.405 e. The lowest BCUT2D eigenvalue weighted by Crippen LogP contribution is -2.22. The molecular formula is C24H28F3N3O2. The fourth-order valence-corrected chi connectivity index (χ4v) is 3.93. The summed E-state index contributed by atoms with van der Waals surface area (Å²) in [7, 11) is 3.17. The summed E-state index contributed by atoms with van der Waals surface area (Å²) < 4.78 is 50.2. The first kappa shape index (κ1) is 23.6. The number of pyridine rings is 2. The van der Waals surface area contributed by atoms with E-state index in [-0.39, 0.29) is 5.82 Å². The Kier molecular flexibility index (Phi) is 7.11. The molecule has 2 heterocycles. The molecule has 0 unspecified atom stereocenters. The lowest BCUT2D eigenvalue weighted by molar-refractivity contribution is -0.115. The maximum atomic E-state index is 13.0. The summed E-state index contributed by atoms with van der Waals surface area (Å²) in [6.45, 7) is 4.78. The number of nitrogens with one attached hydrogen (secondary N) is 1. The number of rotatable bonds is 8. The van der Waals surface area contributed by atoms with Crippen molar-refractivity contribution < 1.29 is 22.6 Å². The fraction of sp³-hybridized carbons (Fsp3) is 0.417. The standard InChI is InChI=1S/C24H28F3N3O2/c1-6-15-10-18-14(12-28-15)9-19(30-23(18)29-13-24(25,26)27)22-16(7-2)20(31-4)11-21(32-5)17(22)8-3/h9-12H,6-8,13H2,1-5H3,(H,29,30).